The number of halogens is 3. The summed E-state index contributed by atoms with van der Waals surface area (Å²) in [5, 5.41) is 7.61. The third kappa shape index (κ3) is 3.10. The van der Waals surface area contributed by atoms with Gasteiger partial charge in [-0.3, -0.25) is 0 Å². The molecular formula is C13H9F3N4O. The summed E-state index contributed by atoms with van der Waals surface area (Å²) in [5.74, 6) is -0.0665. The fraction of sp³-hybridized carbons (Fsp3) is 0.154. The minimum Gasteiger partial charge on any atom is -0.468 e. The van der Waals surface area contributed by atoms with Gasteiger partial charge in [-0.15, -0.1) is 5.10 Å². The number of alkyl halides is 3. The van der Waals surface area contributed by atoms with Crippen LogP contribution in [-0.2, 0) is 0 Å². The van der Waals surface area contributed by atoms with Crippen molar-refractivity contribution in [1.29, 1.82) is 0 Å². The Morgan fingerprint density at radius 1 is 1.10 bits per heavy atom. The van der Waals surface area contributed by atoms with Crippen molar-refractivity contribution in [3.8, 4) is 17.0 Å². The molecule has 0 bridgehead atoms. The van der Waals surface area contributed by atoms with Crippen LogP contribution >= 0.6 is 0 Å². The van der Waals surface area contributed by atoms with Crippen LogP contribution in [0.2, 0.25) is 0 Å². The zero-order chi connectivity index (χ0) is 14.9. The lowest BCUT2D eigenvalue weighted by atomic mass is 10.1. The smallest absolute Gasteiger partial charge is 0.422 e. The molecule has 21 heavy (non-hydrogen) atoms. The predicted octanol–water partition coefficient (Wildman–Crippen LogP) is 2.73. The van der Waals surface area contributed by atoms with Crippen molar-refractivity contribution in [3.05, 3.63) is 42.9 Å². The van der Waals surface area contributed by atoms with Gasteiger partial charge in [-0.05, 0) is 23.8 Å². The van der Waals surface area contributed by atoms with E-state index in [1.165, 1.54) is 12.3 Å². The minimum absolute atomic E-state index is 0.0665. The molecule has 0 aromatic carbocycles. The molecule has 0 amide bonds. The van der Waals surface area contributed by atoms with Gasteiger partial charge >= 0.3 is 6.18 Å². The summed E-state index contributed by atoms with van der Waals surface area (Å²) >= 11 is 0. The molecule has 0 atom stereocenters. The first kappa shape index (κ1) is 13.3. The highest BCUT2D eigenvalue weighted by Gasteiger charge is 2.28. The van der Waals surface area contributed by atoms with Gasteiger partial charge in [-0.1, -0.05) is 5.21 Å². The van der Waals surface area contributed by atoms with Crippen LogP contribution in [0.4, 0.5) is 13.2 Å². The number of aromatic nitrogens is 4. The molecule has 0 aliphatic heterocycles. The van der Waals surface area contributed by atoms with Crippen molar-refractivity contribution in [1.82, 2.24) is 19.8 Å². The Labute approximate surface area is 117 Å². The number of hydrogen-bond acceptors (Lipinski definition) is 4. The van der Waals surface area contributed by atoms with E-state index < -0.39 is 12.8 Å². The van der Waals surface area contributed by atoms with Crippen LogP contribution in [0.25, 0.3) is 16.6 Å². The van der Waals surface area contributed by atoms with Crippen molar-refractivity contribution in [2.75, 3.05) is 6.61 Å². The molecule has 5 nitrogen and oxygen atoms in total. The van der Waals surface area contributed by atoms with Gasteiger partial charge in [0.1, 0.15) is 0 Å². The van der Waals surface area contributed by atoms with Gasteiger partial charge in [0.25, 0.3) is 0 Å². The zero-order valence-electron chi connectivity index (χ0n) is 10.6. The van der Waals surface area contributed by atoms with Gasteiger partial charge in [0.15, 0.2) is 6.61 Å². The van der Waals surface area contributed by atoms with E-state index in [4.69, 9.17) is 0 Å². The summed E-state index contributed by atoms with van der Waals surface area (Å²) in [4.78, 5) is 3.87. The van der Waals surface area contributed by atoms with Crippen LogP contribution in [0.15, 0.2) is 42.9 Å². The Balaban J connectivity index is 1.80. The van der Waals surface area contributed by atoms with Crippen molar-refractivity contribution in [2.45, 2.75) is 6.18 Å². The van der Waals surface area contributed by atoms with Gasteiger partial charge in [-0.2, -0.15) is 13.2 Å². The maximum atomic E-state index is 12.0. The first-order valence-corrected chi connectivity index (χ1v) is 5.97. The number of pyridine rings is 2. The molecule has 3 aromatic rings. The molecule has 0 unspecified atom stereocenters. The highest BCUT2D eigenvalue weighted by atomic mass is 19.4. The lowest BCUT2D eigenvalue weighted by Gasteiger charge is -2.08. The van der Waals surface area contributed by atoms with Gasteiger partial charge in [-0.25, -0.2) is 9.50 Å². The Morgan fingerprint density at radius 2 is 1.95 bits per heavy atom. The Bertz CT molecular complexity index is 752. The van der Waals surface area contributed by atoms with Crippen molar-refractivity contribution >= 4 is 5.52 Å². The van der Waals surface area contributed by atoms with E-state index in [1.807, 2.05) is 12.1 Å². The Morgan fingerprint density at radius 3 is 2.67 bits per heavy atom. The van der Waals surface area contributed by atoms with E-state index in [1.54, 1.807) is 23.0 Å². The fourth-order valence-corrected chi connectivity index (χ4v) is 1.80. The van der Waals surface area contributed by atoms with Crippen molar-refractivity contribution in [2.24, 2.45) is 0 Å². The molecule has 0 spiro atoms. The SMILES string of the molecule is FC(F)(F)COc1ccc(-c2ccn3nncc3c2)cn1. The third-order valence-corrected chi connectivity index (χ3v) is 2.75. The average molecular weight is 294 g/mol. The molecule has 0 radical (unpaired) electrons. The van der Waals surface area contributed by atoms with E-state index in [-0.39, 0.29) is 5.88 Å². The highest BCUT2D eigenvalue weighted by molar-refractivity contribution is 5.67. The second kappa shape index (κ2) is 5.04. The summed E-state index contributed by atoms with van der Waals surface area (Å²) in [6, 6.07) is 6.72. The molecule has 0 N–H and O–H groups in total. The average Bonchev–Trinajstić information content (AvgIpc) is 2.92. The maximum Gasteiger partial charge on any atom is 0.422 e. The largest absolute Gasteiger partial charge is 0.468 e. The van der Waals surface area contributed by atoms with Crippen LogP contribution in [0.1, 0.15) is 0 Å². The van der Waals surface area contributed by atoms with Crippen molar-refractivity contribution < 1.29 is 17.9 Å². The number of hydrogen-bond donors (Lipinski definition) is 0. The van der Waals surface area contributed by atoms with E-state index in [0.29, 0.717) is 0 Å². The number of ether oxygens (including phenoxy) is 1. The molecule has 0 aliphatic carbocycles. The summed E-state index contributed by atoms with van der Waals surface area (Å²) in [6.45, 7) is -1.35. The molecular weight excluding hydrogens is 285 g/mol. The summed E-state index contributed by atoms with van der Waals surface area (Å²) < 4.78 is 42.3. The van der Waals surface area contributed by atoms with Crippen LogP contribution in [-0.4, -0.2) is 32.6 Å². The molecule has 0 saturated heterocycles. The molecule has 3 aromatic heterocycles. The molecule has 3 heterocycles. The summed E-state index contributed by atoms with van der Waals surface area (Å²) in [7, 11) is 0. The molecule has 0 fully saturated rings. The first-order chi connectivity index (χ1) is 10.0. The standard InChI is InChI=1S/C13H9F3N4O/c14-13(15,16)8-21-12-2-1-10(6-17-12)9-3-4-20-11(5-9)7-18-19-20/h1-7H,8H2. The monoisotopic (exact) mass is 294 g/mol. The topological polar surface area (TPSA) is 52.3 Å². The third-order valence-electron chi connectivity index (χ3n) is 2.75. The predicted molar refractivity (Wildman–Crippen MR) is 67.8 cm³/mol. The van der Waals surface area contributed by atoms with Crippen LogP contribution in [0, 0.1) is 0 Å². The summed E-state index contributed by atoms with van der Waals surface area (Å²) in [6.07, 6.45) is 0.436. The number of rotatable bonds is 3. The van der Waals surface area contributed by atoms with Gasteiger partial charge in [0.2, 0.25) is 5.88 Å². The van der Waals surface area contributed by atoms with Gasteiger partial charge in [0.05, 0.1) is 11.7 Å². The lowest BCUT2D eigenvalue weighted by Crippen LogP contribution is -2.19. The number of nitrogens with zero attached hydrogens (tertiary/aromatic N) is 4. The zero-order valence-corrected chi connectivity index (χ0v) is 10.6. The minimum atomic E-state index is -4.37. The van der Waals surface area contributed by atoms with Gasteiger partial charge in [0, 0.05) is 24.0 Å². The Hall–Kier alpha value is -2.64. The molecule has 0 saturated carbocycles. The van der Waals surface area contributed by atoms with Crippen LogP contribution in [0.3, 0.4) is 0 Å². The highest BCUT2D eigenvalue weighted by Crippen LogP contribution is 2.22. The molecule has 3 rings (SSSR count). The van der Waals surface area contributed by atoms with E-state index >= 15 is 0 Å². The molecule has 0 aliphatic rings. The normalized spacial score (nSPS) is 11.8. The molecule has 108 valence electrons. The quantitative estimate of drug-likeness (QED) is 0.745. The van der Waals surface area contributed by atoms with Gasteiger partial charge < -0.3 is 4.74 Å². The van der Waals surface area contributed by atoms with E-state index in [2.05, 4.69) is 20.0 Å². The van der Waals surface area contributed by atoms with E-state index in [9.17, 15) is 13.2 Å². The second-order valence-corrected chi connectivity index (χ2v) is 4.31. The Kier molecular flexibility index (Phi) is 3.20. The first-order valence-electron chi connectivity index (χ1n) is 5.97. The van der Waals surface area contributed by atoms with E-state index in [0.717, 1.165) is 16.6 Å². The second-order valence-electron chi connectivity index (χ2n) is 4.31. The molecule has 8 heteroatoms. The number of fused-ring (bicyclic) bond motifs is 1. The lowest BCUT2D eigenvalue weighted by molar-refractivity contribution is -0.154. The fourth-order valence-electron chi connectivity index (χ4n) is 1.80. The summed E-state index contributed by atoms with van der Waals surface area (Å²) in [5.41, 5.74) is 2.43. The van der Waals surface area contributed by atoms with Crippen LogP contribution < -0.4 is 4.74 Å². The maximum absolute atomic E-state index is 12.0. The van der Waals surface area contributed by atoms with Crippen LogP contribution in [0.5, 0.6) is 5.88 Å². The van der Waals surface area contributed by atoms with Crippen molar-refractivity contribution in [3.63, 3.8) is 0 Å².